The molecule has 0 unspecified atom stereocenters. The minimum atomic E-state index is -1.58. The van der Waals surface area contributed by atoms with E-state index in [0.29, 0.717) is 51.2 Å². The molecular formula is C33H30BrFN6O4. The van der Waals surface area contributed by atoms with Crippen molar-refractivity contribution in [1.82, 2.24) is 10.9 Å². The fourth-order valence-corrected chi connectivity index (χ4v) is 5.52. The molecule has 2 atom stereocenters. The van der Waals surface area contributed by atoms with Crippen LogP contribution in [0.3, 0.4) is 0 Å². The molecule has 4 aromatic rings. The molecule has 0 fully saturated rings. The molecule has 1 aliphatic rings. The zero-order valence-corrected chi connectivity index (χ0v) is 25.7. The van der Waals surface area contributed by atoms with Crippen molar-refractivity contribution in [1.29, 1.82) is 0 Å². The van der Waals surface area contributed by atoms with Crippen LogP contribution in [-0.2, 0) is 22.5 Å². The van der Waals surface area contributed by atoms with Crippen LogP contribution in [0.2, 0.25) is 0 Å². The second-order valence-corrected chi connectivity index (χ2v) is 11.1. The predicted octanol–water partition coefficient (Wildman–Crippen LogP) is 6.61. The van der Waals surface area contributed by atoms with Gasteiger partial charge in [-0.15, -0.1) is 0 Å². The lowest BCUT2D eigenvalue weighted by Gasteiger charge is -2.31. The number of azide groups is 1. The van der Waals surface area contributed by atoms with E-state index in [9.17, 15) is 14.7 Å². The Morgan fingerprint density at radius 2 is 1.87 bits per heavy atom. The minimum Gasteiger partial charge on any atom is -0.494 e. The second-order valence-electron chi connectivity index (χ2n) is 10.2. The Labute approximate surface area is 267 Å². The Morgan fingerprint density at radius 3 is 2.62 bits per heavy atom. The fourth-order valence-electron chi connectivity index (χ4n) is 5.03. The maximum absolute atomic E-state index is 14.4. The number of hydrogen-bond acceptors (Lipinski definition) is 7. The largest absolute Gasteiger partial charge is 0.494 e. The first kappa shape index (κ1) is 31.7. The average molecular weight is 674 g/mol. The van der Waals surface area contributed by atoms with E-state index in [-0.39, 0.29) is 31.3 Å². The van der Waals surface area contributed by atoms with Gasteiger partial charge in [-0.05, 0) is 59.1 Å². The highest BCUT2D eigenvalue weighted by atomic mass is 79.9. The SMILES string of the molecule is [N-]=[N+]=Nc1ccccc1C[C@]1(C(=O)NNCc2cccc(F)c2)N=C(c2ccc(OCCCO)cc2)O[C@H]1c1ccccc1Br. The maximum Gasteiger partial charge on any atom is 0.266 e. The number of rotatable bonds is 13. The van der Waals surface area contributed by atoms with Gasteiger partial charge in [0.2, 0.25) is 5.90 Å². The number of amides is 1. The molecule has 3 N–H and O–H groups in total. The molecule has 45 heavy (non-hydrogen) atoms. The molecule has 0 radical (unpaired) electrons. The van der Waals surface area contributed by atoms with E-state index in [1.54, 1.807) is 60.7 Å². The van der Waals surface area contributed by atoms with E-state index in [1.165, 1.54) is 12.1 Å². The number of hydrogen-bond donors (Lipinski definition) is 3. The summed E-state index contributed by atoms with van der Waals surface area (Å²) in [7, 11) is 0. The summed E-state index contributed by atoms with van der Waals surface area (Å²) in [5.74, 6) is -0.0421. The van der Waals surface area contributed by atoms with Gasteiger partial charge in [0.15, 0.2) is 11.6 Å². The number of carbonyl (C=O) groups excluding carboxylic acids is 1. The van der Waals surface area contributed by atoms with Crippen molar-refractivity contribution in [2.24, 2.45) is 10.1 Å². The molecule has 0 saturated carbocycles. The lowest BCUT2D eigenvalue weighted by Crippen LogP contribution is -2.53. The number of aliphatic hydroxyl groups excluding tert-OH is 1. The summed E-state index contributed by atoms with van der Waals surface area (Å²) in [5, 5.41) is 12.9. The number of ether oxygens (including phenoxy) is 2. The third kappa shape index (κ3) is 7.50. The van der Waals surface area contributed by atoms with E-state index < -0.39 is 17.6 Å². The molecule has 12 heteroatoms. The zero-order valence-electron chi connectivity index (χ0n) is 24.1. The van der Waals surface area contributed by atoms with Crippen LogP contribution < -0.4 is 15.6 Å². The Kier molecular flexibility index (Phi) is 10.4. The summed E-state index contributed by atoms with van der Waals surface area (Å²) >= 11 is 3.62. The lowest BCUT2D eigenvalue weighted by molar-refractivity contribution is -0.130. The molecule has 1 amide bonds. The summed E-state index contributed by atoms with van der Waals surface area (Å²) in [4.78, 5) is 22.3. The number of hydrazine groups is 1. The number of halogens is 2. The monoisotopic (exact) mass is 672 g/mol. The van der Waals surface area contributed by atoms with Crippen molar-refractivity contribution >= 4 is 33.4 Å². The maximum atomic E-state index is 14.4. The Hall–Kier alpha value is -4.74. The quantitative estimate of drug-likeness (QED) is 0.0482. The van der Waals surface area contributed by atoms with Crippen LogP contribution >= 0.6 is 15.9 Å². The first-order valence-corrected chi connectivity index (χ1v) is 15.0. The molecule has 0 saturated heterocycles. The first-order valence-electron chi connectivity index (χ1n) is 14.2. The topological polar surface area (TPSA) is 141 Å². The smallest absolute Gasteiger partial charge is 0.266 e. The fraction of sp³-hybridized carbons (Fsp3) is 0.212. The normalized spacial score (nSPS) is 17.1. The number of nitrogens with one attached hydrogen (secondary N) is 2. The highest BCUT2D eigenvalue weighted by Gasteiger charge is 2.54. The number of nitrogens with zero attached hydrogens (tertiary/aromatic N) is 4. The number of aliphatic hydroxyl groups is 1. The lowest BCUT2D eigenvalue weighted by atomic mass is 9.81. The molecule has 0 aromatic heterocycles. The van der Waals surface area contributed by atoms with E-state index in [4.69, 9.17) is 19.6 Å². The van der Waals surface area contributed by atoms with Crippen molar-refractivity contribution in [2.75, 3.05) is 13.2 Å². The molecule has 5 rings (SSSR count). The van der Waals surface area contributed by atoms with Gasteiger partial charge in [0, 0.05) is 52.2 Å². The predicted molar refractivity (Wildman–Crippen MR) is 171 cm³/mol. The molecule has 10 nitrogen and oxygen atoms in total. The summed E-state index contributed by atoms with van der Waals surface area (Å²) in [6.07, 6.45) is -0.375. The number of benzene rings is 4. The van der Waals surface area contributed by atoms with Gasteiger partial charge in [-0.2, -0.15) is 0 Å². The highest BCUT2D eigenvalue weighted by molar-refractivity contribution is 9.10. The van der Waals surface area contributed by atoms with Gasteiger partial charge < -0.3 is 14.6 Å². The summed E-state index contributed by atoms with van der Waals surface area (Å²) < 4.78 is 26.7. The highest BCUT2D eigenvalue weighted by Crippen LogP contribution is 2.45. The van der Waals surface area contributed by atoms with Gasteiger partial charge in [0.25, 0.3) is 5.91 Å². The van der Waals surface area contributed by atoms with Crippen LogP contribution in [0.15, 0.2) is 112 Å². The van der Waals surface area contributed by atoms with Gasteiger partial charge in [-0.3, -0.25) is 10.2 Å². The van der Waals surface area contributed by atoms with Crippen LogP contribution in [0.5, 0.6) is 5.75 Å². The van der Waals surface area contributed by atoms with Gasteiger partial charge in [0.1, 0.15) is 11.6 Å². The van der Waals surface area contributed by atoms with Crippen LogP contribution in [0.1, 0.15) is 34.8 Å². The third-order valence-corrected chi connectivity index (χ3v) is 7.93. The van der Waals surface area contributed by atoms with Crippen molar-refractivity contribution in [3.05, 3.63) is 140 Å². The first-order chi connectivity index (χ1) is 21.9. The van der Waals surface area contributed by atoms with Crippen LogP contribution in [-0.4, -0.2) is 35.7 Å². The van der Waals surface area contributed by atoms with Gasteiger partial charge in [-0.1, -0.05) is 75.6 Å². The van der Waals surface area contributed by atoms with Gasteiger partial charge >= 0.3 is 0 Å². The second kappa shape index (κ2) is 14.8. The summed E-state index contributed by atoms with van der Waals surface area (Å²) in [5.41, 5.74) is 16.2. The van der Waals surface area contributed by atoms with E-state index in [0.717, 1.165) is 0 Å². The summed E-state index contributed by atoms with van der Waals surface area (Å²) in [6, 6.07) is 27.6. The molecule has 0 bridgehead atoms. The van der Waals surface area contributed by atoms with E-state index in [1.807, 2.05) is 24.3 Å². The Bertz CT molecular complexity index is 1730. The van der Waals surface area contributed by atoms with Crippen LogP contribution in [0.25, 0.3) is 10.4 Å². The molecule has 0 spiro atoms. The number of aliphatic imine (C=N–C) groups is 1. The average Bonchev–Trinajstić information content (AvgIpc) is 3.43. The molecule has 230 valence electrons. The Morgan fingerprint density at radius 1 is 1.09 bits per heavy atom. The van der Waals surface area contributed by atoms with Crippen molar-refractivity contribution in [3.8, 4) is 5.75 Å². The van der Waals surface area contributed by atoms with Crippen molar-refractivity contribution in [2.45, 2.75) is 31.0 Å². The Balaban J connectivity index is 1.57. The standard InChI is InChI=1S/C33H30BrFN6O4/c34-28-11-3-2-10-27(28)30-33(20-24-8-1-4-12-29(24)39-41-36,32(43)40-37-21-22-7-5-9-25(35)19-22)38-31(45-30)23-13-15-26(16-14-23)44-18-6-17-42/h1-5,7-16,19,30,37,42H,6,17-18,20-21H2,(H,40,43)/t30-,33-/m0/s1. The third-order valence-electron chi connectivity index (χ3n) is 7.21. The van der Waals surface area contributed by atoms with Crippen LogP contribution in [0.4, 0.5) is 10.1 Å². The number of carbonyl (C=O) groups is 1. The van der Waals surface area contributed by atoms with Crippen molar-refractivity contribution < 1.29 is 23.8 Å². The molecule has 1 heterocycles. The zero-order chi connectivity index (χ0) is 31.6. The van der Waals surface area contributed by atoms with E-state index in [2.05, 4.69) is 36.8 Å². The summed E-state index contributed by atoms with van der Waals surface area (Å²) in [6.45, 7) is 0.556. The van der Waals surface area contributed by atoms with Crippen molar-refractivity contribution in [3.63, 3.8) is 0 Å². The molecule has 4 aromatic carbocycles. The molecule has 0 aliphatic carbocycles. The van der Waals surface area contributed by atoms with Gasteiger partial charge in [-0.25, -0.2) is 14.8 Å². The molecule has 1 aliphatic heterocycles. The molecular weight excluding hydrogens is 643 g/mol. The minimum absolute atomic E-state index is 0.0214. The van der Waals surface area contributed by atoms with Gasteiger partial charge in [0.05, 0.1) is 6.61 Å². The van der Waals surface area contributed by atoms with Crippen LogP contribution in [0, 0.1) is 5.82 Å². The van der Waals surface area contributed by atoms with E-state index >= 15 is 0 Å².